The lowest BCUT2D eigenvalue weighted by Gasteiger charge is -2.12. The van der Waals surface area contributed by atoms with E-state index in [0.717, 1.165) is 51.8 Å². The van der Waals surface area contributed by atoms with E-state index in [1.54, 1.807) is 0 Å². The minimum absolute atomic E-state index is 0.925. The Balaban J connectivity index is 1.42. The molecule has 0 radical (unpaired) electrons. The maximum absolute atomic E-state index is 6.00. The fourth-order valence-corrected chi connectivity index (χ4v) is 4.76. The number of aliphatic imine (C=N–C) groups is 1. The number of hydrogen-bond donors (Lipinski definition) is 0. The number of fused-ring (bicyclic) bond motifs is 3. The Labute approximate surface area is 226 Å². The molecule has 0 aliphatic heterocycles. The zero-order valence-electron chi connectivity index (χ0n) is 23.0. The number of unbranched alkanes of at least 4 members (excludes halogenated alkanes) is 1. The molecule has 0 amide bonds. The van der Waals surface area contributed by atoms with Crippen molar-refractivity contribution in [1.82, 2.24) is 0 Å². The molecular formula is C36H35NO. The molecule has 1 heterocycles. The Morgan fingerprint density at radius 1 is 0.684 bits per heavy atom. The molecule has 2 nitrogen and oxygen atoms in total. The Morgan fingerprint density at radius 2 is 1.26 bits per heavy atom. The zero-order chi connectivity index (χ0) is 26.6. The minimum Gasteiger partial charge on any atom is -0.456 e. The third-order valence-corrected chi connectivity index (χ3v) is 7.21. The third-order valence-electron chi connectivity index (χ3n) is 7.21. The summed E-state index contributed by atoms with van der Waals surface area (Å²) in [4.78, 5) is 5.00. The SMILES string of the molecule is CCC/C=C(\C)N=C(C(C)=C(C)C)c1ccc(-c2ccc(-c3ccc4oc5ccccc5c4c3)cc2)cc1. The molecule has 0 bridgehead atoms. The highest BCUT2D eigenvalue weighted by molar-refractivity contribution is 6.13. The molecule has 0 N–H and O–H groups in total. The van der Waals surface area contributed by atoms with Gasteiger partial charge in [-0.25, -0.2) is 0 Å². The van der Waals surface area contributed by atoms with Crippen LogP contribution in [0.3, 0.4) is 0 Å². The summed E-state index contributed by atoms with van der Waals surface area (Å²) in [7, 11) is 0. The average molecular weight is 498 g/mol. The molecule has 5 rings (SSSR count). The van der Waals surface area contributed by atoms with Crippen LogP contribution in [0.15, 0.2) is 123 Å². The van der Waals surface area contributed by atoms with Crippen LogP contribution in [0.4, 0.5) is 0 Å². The van der Waals surface area contributed by atoms with Crippen LogP contribution < -0.4 is 0 Å². The van der Waals surface area contributed by atoms with Gasteiger partial charge in [-0.1, -0.05) is 97.8 Å². The largest absolute Gasteiger partial charge is 0.456 e. The second-order valence-corrected chi connectivity index (χ2v) is 10.2. The van der Waals surface area contributed by atoms with Crippen LogP contribution >= 0.6 is 0 Å². The van der Waals surface area contributed by atoms with Gasteiger partial charge >= 0.3 is 0 Å². The summed E-state index contributed by atoms with van der Waals surface area (Å²) in [5, 5.41) is 2.31. The summed E-state index contributed by atoms with van der Waals surface area (Å²) in [5.41, 5.74) is 12.4. The van der Waals surface area contributed by atoms with E-state index in [-0.39, 0.29) is 0 Å². The number of para-hydroxylation sites is 1. The Bertz CT molecular complexity index is 1670. The van der Waals surface area contributed by atoms with Gasteiger partial charge in [0.15, 0.2) is 0 Å². The third kappa shape index (κ3) is 5.26. The van der Waals surface area contributed by atoms with Gasteiger partial charge in [0, 0.05) is 22.0 Å². The fraction of sp³-hybridized carbons (Fsp3) is 0.194. The van der Waals surface area contributed by atoms with Crippen LogP contribution in [0.1, 0.15) is 53.0 Å². The lowest BCUT2D eigenvalue weighted by Crippen LogP contribution is -2.05. The van der Waals surface area contributed by atoms with Gasteiger partial charge in [0.1, 0.15) is 11.2 Å². The summed E-state index contributed by atoms with van der Waals surface area (Å²) < 4.78 is 6.00. The van der Waals surface area contributed by atoms with E-state index >= 15 is 0 Å². The predicted molar refractivity (Wildman–Crippen MR) is 164 cm³/mol. The van der Waals surface area contributed by atoms with Gasteiger partial charge in [-0.05, 0) is 80.1 Å². The quantitative estimate of drug-likeness (QED) is 0.205. The first-order valence-corrected chi connectivity index (χ1v) is 13.5. The van der Waals surface area contributed by atoms with E-state index in [9.17, 15) is 0 Å². The maximum Gasteiger partial charge on any atom is 0.135 e. The highest BCUT2D eigenvalue weighted by atomic mass is 16.3. The van der Waals surface area contributed by atoms with Gasteiger partial charge in [-0.15, -0.1) is 0 Å². The zero-order valence-corrected chi connectivity index (χ0v) is 23.0. The van der Waals surface area contributed by atoms with Crippen molar-refractivity contribution in [2.75, 3.05) is 0 Å². The van der Waals surface area contributed by atoms with E-state index in [4.69, 9.17) is 9.41 Å². The van der Waals surface area contributed by atoms with Crippen LogP contribution in [0.2, 0.25) is 0 Å². The van der Waals surface area contributed by atoms with Gasteiger partial charge in [-0.2, -0.15) is 0 Å². The molecule has 0 spiro atoms. The van der Waals surface area contributed by atoms with Crippen molar-refractivity contribution < 1.29 is 4.42 Å². The highest BCUT2D eigenvalue weighted by Gasteiger charge is 2.10. The topological polar surface area (TPSA) is 25.5 Å². The molecule has 0 aliphatic carbocycles. The fourth-order valence-electron chi connectivity index (χ4n) is 4.76. The number of allylic oxidation sites excluding steroid dienone is 4. The van der Waals surface area contributed by atoms with Crippen LogP contribution in [-0.4, -0.2) is 5.71 Å². The number of rotatable bonds is 7. The number of furan rings is 1. The van der Waals surface area contributed by atoms with Gasteiger partial charge < -0.3 is 4.42 Å². The maximum atomic E-state index is 6.00. The first-order valence-electron chi connectivity index (χ1n) is 13.5. The summed E-state index contributed by atoms with van der Waals surface area (Å²) in [6, 6.07) is 32.3. The van der Waals surface area contributed by atoms with E-state index < -0.39 is 0 Å². The Kier molecular flexibility index (Phi) is 7.42. The van der Waals surface area contributed by atoms with E-state index in [1.165, 1.54) is 33.4 Å². The lowest BCUT2D eigenvalue weighted by atomic mass is 9.96. The molecule has 38 heavy (non-hydrogen) atoms. The second kappa shape index (κ2) is 11.1. The smallest absolute Gasteiger partial charge is 0.135 e. The molecule has 0 unspecified atom stereocenters. The van der Waals surface area contributed by atoms with Crippen LogP contribution in [-0.2, 0) is 0 Å². The molecule has 0 aliphatic rings. The molecule has 2 heteroatoms. The van der Waals surface area contributed by atoms with Gasteiger partial charge in [-0.3, -0.25) is 4.99 Å². The number of nitrogens with zero attached hydrogens (tertiary/aromatic N) is 1. The molecular weight excluding hydrogens is 462 g/mol. The van der Waals surface area contributed by atoms with E-state index in [1.807, 2.05) is 12.1 Å². The molecule has 4 aromatic carbocycles. The monoisotopic (exact) mass is 497 g/mol. The van der Waals surface area contributed by atoms with Crippen molar-refractivity contribution in [2.24, 2.45) is 4.99 Å². The standard InChI is InChI=1S/C36H35NO/c1-6-7-10-25(4)37-36(26(5)24(2)3)30-19-17-28(18-20-30)27-13-15-29(16-14-27)31-21-22-35-33(23-31)32-11-8-9-12-34(32)38-35/h8-23H,6-7H2,1-5H3/b25-10+,37-36?. The van der Waals surface area contributed by atoms with Crippen molar-refractivity contribution in [2.45, 2.75) is 47.5 Å². The van der Waals surface area contributed by atoms with Gasteiger partial charge in [0.05, 0.1) is 5.71 Å². The first-order chi connectivity index (χ1) is 18.4. The lowest BCUT2D eigenvalue weighted by molar-refractivity contribution is 0.669. The van der Waals surface area contributed by atoms with Crippen LogP contribution in [0, 0.1) is 0 Å². The molecule has 5 aromatic rings. The molecule has 1 aromatic heterocycles. The summed E-state index contributed by atoms with van der Waals surface area (Å²) in [6.45, 7) is 10.8. The first kappa shape index (κ1) is 25.5. The number of hydrogen-bond acceptors (Lipinski definition) is 2. The summed E-state index contributed by atoms with van der Waals surface area (Å²) in [6.07, 6.45) is 4.41. The Hall–Kier alpha value is -4.17. The normalized spacial score (nSPS) is 12.3. The van der Waals surface area contributed by atoms with Crippen LogP contribution in [0.5, 0.6) is 0 Å². The molecule has 190 valence electrons. The average Bonchev–Trinajstić information content (AvgIpc) is 3.32. The van der Waals surface area contributed by atoms with Crippen molar-refractivity contribution in [3.05, 3.63) is 119 Å². The minimum atomic E-state index is 0.925. The van der Waals surface area contributed by atoms with Gasteiger partial charge in [0.25, 0.3) is 0 Å². The predicted octanol–water partition coefficient (Wildman–Crippen LogP) is 10.8. The number of benzene rings is 4. The van der Waals surface area contributed by atoms with Crippen LogP contribution in [0.25, 0.3) is 44.2 Å². The van der Waals surface area contributed by atoms with Gasteiger partial charge in [0.2, 0.25) is 0 Å². The summed E-state index contributed by atoms with van der Waals surface area (Å²) >= 11 is 0. The van der Waals surface area contributed by atoms with Crippen molar-refractivity contribution in [1.29, 1.82) is 0 Å². The molecule has 0 saturated heterocycles. The van der Waals surface area contributed by atoms with E-state index in [2.05, 4.69) is 120 Å². The highest BCUT2D eigenvalue weighted by Crippen LogP contribution is 2.33. The van der Waals surface area contributed by atoms with E-state index in [0.29, 0.717) is 0 Å². The van der Waals surface area contributed by atoms with Crippen molar-refractivity contribution in [3.63, 3.8) is 0 Å². The molecule has 0 atom stereocenters. The molecule has 0 fully saturated rings. The van der Waals surface area contributed by atoms with Crippen molar-refractivity contribution in [3.8, 4) is 22.3 Å². The summed E-state index contributed by atoms with van der Waals surface area (Å²) in [5.74, 6) is 0. The Morgan fingerprint density at radius 3 is 1.92 bits per heavy atom. The van der Waals surface area contributed by atoms with Crippen molar-refractivity contribution >= 4 is 27.7 Å². The second-order valence-electron chi connectivity index (χ2n) is 10.2. The molecule has 0 saturated carbocycles.